The van der Waals surface area contributed by atoms with Gasteiger partial charge in [0, 0.05) is 19.2 Å². The molecule has 0 heterocycles. The molecule has 4 heteroatoms. The van der Waals surface area contributed by atoms with Crippen molar-refractivity contribution in [2.24, 2.45) is 0 Å². The Morgan fingerprint density at radius 2 is 2.24 bits per heavy atom. The summed E-state index contributed by atoms with van der Waals surface area (Å²) in [5.41, 5.74) is 0.417. The summed E-state index contributed by atoms with van der Waals surface area (Å²) in [5, 5.41) is 0. The molecule has 0 saturated heterocycles. The minimum absolute atomic E-state index is 0.0672. The van der Waals surface area contributed by atoms with Crippen LogP contribution in [0.15, 0.2) is 24.3 Å². The second-order valence-corrected chi connectivity index (χ2v) is 3.80. The van der Waals surface area contributed by atoms with E-state index in [9.17, 15) is 9.18 Å². The Balaban J connectivity index is 2.58. The summed E-state index contributed by atoms with van der Waals surface area (Å²) >= 11 is 0. The van der Waals surface area contributed by atoms with Crippen LogP contribution >= 0.6 is 0 Å². The zero-order valence-electron chi connectivity index (χ0n) is 10.3. The summed E-state index contributed by atoms with van der Waals surface area (Å²) in [6.45, 7) is 4.33. The van der Waals surface area contributed by atoms with Crippen molar-refractivity contribution in [3.8, 4) is 0 Å². The minimum Gasteiger partial charge on any atom is -0.383 e. The number of carbonyl (C=O) groups excluding carboxylic acids is 1. The smallest absolute Gasteiger partial charge is 0.176 e. The third-order valence-electron chi connectivity index (χ3n) is 2.57. The van der Waals surface area contributed by atoms with Crippen molar-refractivity contribution in [2.45, 2.75) is 6.92 Å². The number of ether oxygens (including phenoxy) is 1. The molecule has 0 bridgehead atoms. The molecule has 3 nitrogen and oxygen atoms in total. The van der Waals surface area contributed by atoms with Gasteiger partial charge in [0.05, 0.1) is 13.2 Å². The summed E-state index contributed by atoms with van der Waals surface area (Å²) in [7, 11) is 1.63. The van der Waals surface area contributed by atoms with E-state index in [1.807, 2.05) is 11.8 Å². The number of methoxy groups -OCH3 is 1. The van der Waals surface area contributed by atoms with Crippen molar-refractivity contribution in [3.63, 3.8) is 0 Å². The molecule has 0 aliphatic rings. The molecular weight excluding hydrogens is 221 g/mol. The summed E-state index contributed by atoms with van der Waals surface area (Å²) in [6, 6.07) is 5.79. The molecule has 0 aliphatic heterocycles. The highest BCUT2D eigenvalue weighted by molar-refractivity contribution is 5.97. The molecule has 0 unspecified atom stereocenters. The highest BCUT2D eigenvalue weighted by atomic mass is 19.1. The average molecular weight is 239 g/mol. The van der Waals surface area contributed by atoms with Crippen LogP contribution in [0.4, 0.5) is 4.39 Å². The van der Waals surface area contributed by atoms with Crippen LogP contribution in [0.1, 0.15) is 17.3 Å². The Morgan fingerprint density at radius 1 is 1.47 bits per heavy atom. The maximum absolute atomic E-state index is 13.0. The highest BCUT2D eigenvalue weighted by Crippen LogP contribution is 2.05. The number of ketones is 1. The van der Waals surface area contributed by atoms with Crippen LogP contribution in [-0.4, -0.2) is 44.0 Å². The lowest BCUT2D eigenvalue weighted by atomic mass is 10.1. The molecule has 0 saturated carbocycles. The fourth-order valence-corrected chi connectivity index (χ4v) is 1.53. The van der Waals surface area contributed by atoms with Crippen LogP contribution < -0.4 is 0 Å². The van der Waals surface area contributed by atoms with Crippen LogP contribution in [0.5, 0.6) is 0 Å². The van der Waals surface area contributed by atoms with Gasteiger partial charge in [-0.15, -0.1) is 0 Å². The van der Waals surface area contributed by atoms with Crippen LogP contribution in [0, 0.1) is 5.82 Å². The lowest BCUT2D eigenvalue weighted by Crippen LogP contribution is -2.32. The van der Waals surface area contributed by atoms with E-state index in [1.54, 1.807) is 19.2 Å². The fourth-order valence-electron chi connectivity index (χ4n) is 1.53. The van der Waals surface area contributed by atoms with Gasteiger partial charge in [-0.2, -0.15) is 0 Å². The van der Waals surface area contributed by atoms with Gasteiger partial charge in [-0.05, 0) is 18.7 Å². The van der Waals surface area contributed by atoms with Gasteiger partial charge in [-0.25, -0.2) is 4.39 Å². The standard InChI is InChI=1S/C13H18FNO2/c1-3-15(7-8-17-2)10-13(16)11-5-4-6-12(14)9-11/h4-6,9H,3,7-8,10H2,1-2H3. The maximum Gasteiger partial charge on any atom is 0.176 e. The van der Waals surface area contributed by atoms with Crippen molar-refractivity contribution in [3.05, 3.63) is 35.6 Å². The number of Topliss-reactive ketones (excluding diaryl/α,β-unsaturated/α-hetero) is 1. The van der Waals surface area contributed by atoms with Crippen LogP contribution in [0.3, 0.4) is 0 Å². The van der Waals surface area contributed by atoms with E-state index in [2.05, 4.69) is 0 Å². The number of carbonyl (C=O) groups is 1. The van der Waals surface area contributed by atoms with Crippen molar-refractivity contribution in [1.82, 2.24) is 4.90 Å². The summed E-state index contributed by atoms with van der Waals surface area (Å²) in [4.78, 5) is 13.8. The van der Waals surface area contributed by atoms with Crippen LogP contribution in [0.25, 0.3) is 0 Å². The van der Waals surface area contributed by atoms with Gasteiger partial charge < -0.3 is 4.74 Å². The first-order valence-electron chi connectivity index (χ1n) is 5.67. The van der Waals surface area contributed by atoms with E-state index in [1.165, 1.54) is 12.1 Å². The van der Waals surface area contributed by atoms with Crippen LogP contribution in [0.2, 0.25) is 0 Å². The average Bonchev–Trinajstić information content (AvgIpc) is 2.34. The quantitative estimate of drug-likeness (QED) is 0.681. The molecule has 1 aromatic carbocycles. The molecule has 1 aromatic rings. The Morgan fingerprint density at radius 3 is 2.82 bits per heavy atom. The van der Waals surface area contributed by atoms with Gasteiger partial charge in [0.25, 0.3) is 0 Å². The molecule has 1 rings (SSSR count). The van der Waals surface area contributed by atoms with Gasteiger partial charge in [0.15, 0.2) is 5.78 Å². The van der Waals surface area contributed by atoms with Gasteiger partial charge in [0.2, 0.25) is 0 Å². The van der Waals surface area contributed by atoms with Gasteiger partial charge in [0.1, 0.15) is 5.82 Å². The third kappa shape index (κ3) is 4.63. The topological polar surface area (TPSA) is 29.5 Å². The van der Waals surface area contributed by atoms with E-state index in [-0.39, 0.29) is 11.6 Å². The van der Waals surface area contributed by atoms with Crippen molar-refractivity contribution < 1.29 is 13.9 Å². The van der Waals surface area contributed by atoms with Gasteiger partial charge in [-0.1, -0.05) is 19.1 Å². The van der Waals surface area contributed by atoms with E-state index in [0.717, 1.165) is 6.54 Å². The fraction of sp³-hybridized carbons (Fsp3) is 0.462. The zero-order chi connectivity index (χ0) is 12.7. The molecule has 0 aromatic heterocycles. The Labute approximate surface area is 101 Å². The lowest BCUT2D eigenvalue weighted by Gasteiger charge is -2.18. The third-order valence-corrected chi connectivity index (χ3v) is 2.57. The molecule has 0 N–H and O–H groups in total. The molecule has 0 atom stereocenters. The molecular formula is C13H18FNO2. The predicted molar refractivity (Wildman–Crippen MR) is 64.7 cm³/mol. The molecule has 0 spiro atoms. The SMILES string of the molecule is CCN(CCOC)CC(=O)c1cccc(F)c1. The maximum atomic E-state index is 13.0. The normalized spacial score (nSPS) is 10.8. The second-order valence-electron chi connectivity index (χ2n) is 3.80. The minimum atomic E-state index is -0.379. The Bertz CT molecular complexity index is 368. The molecule has 17 heavy (non-hydrogen) atoms. The molecule has 0 amide bonds. The van der Waals surface area contributed by atoms with Crippen molar-refractivity contribution in [1.29, 1.82) is 0 Å². The number of hydrogen-bond acceptors (Lipinski definition) is 3. The molecule has 94 valence electrons. The van der Waals surface area contributed by atoms with Crippen LogP contribution in [-0.2, 0) is 4.74 Å². The van der Waals surface area contributed by atoms with E-state index in [0.29, 0.717) is 25.3 Å². The Kier molecular flexibility index (Phi) is 5.80. The predicted octanol–water partition coefficient (Wildman–Crippen LogP) is 1.98. The number of benzene rings is 1. The highest BCUT2D eigenvalue weighted by Gasteiger charge is 2.11. The van der Waals surface area contributed by atoms with Crippen molar-refractivity contribution >= 4 is 5.78 Å². The molecule has 0 aliphatic carbocycles. The largest absolute Gasteiger partial charge is 0.383 e. The first kappa shape index (κ1) is 13.8. The summed E-state index contributed by atoms with van der Waals surface area (Å²) in [5.74, 6) is -0.446. The van der Waals surface area contributed by atoms with E-state index >= 15 is 0 Å². The van der Waals surface area contributed by atoms with Crippen molar-refractivity contribution in [2.75, 3.05) is 33.4 Å². The van der Waals surface area contributed by atoms with E-state index < -0.39 is 0 Å². The number of halogens is 1. The first-order valence-corrected chi connectivity index (χ1v) is 5.67. The van der Waals surface area contributed by atoms with E-state index in [4.69, 9.17) is 4.74 Å². The van der Waals surface area contributed by atoms with Gasteiger partial charge >= 0.3 is 0 Å². The molecule has 0 radical (unpaired) electrons. The summed E-state index contributed by atoms with van der Waals surface area (Å²) in [6.07, 6.45) is 0. The molecule has 0 fully saturated rings. The first-order chi connectivity index (χ1) is 8.17. The number of nitrogens with zero attached hydrogens (tertiary/aromatic N) is 1. The second kappa shape index (κ2) is 7.14. The Hall–Kier alpha value is -1.26. The number of hydrogen-bond donors (Lipinski definition) is 0. The monoisotopic (exact) mass is 239 g/mol. The van der Waals surface area contributed by atoms with Gasteiger partial charge in [-0.3, -0.25) is 9.69 Å². The zero-order valence-corrected chi connectivity index (χ0v) is 10.3. The number of rotatable bonds is 7. The lowest BCUT2D eigenvalue weighted by molar-refractivity contribution is 0.0901. The summed E-state index contributed by atoms with van der Waals surface area (Å²) < 4.78 is 17.9. The number of likely N-dealkylation sites (N-methyl/N-ethyl adjacent to an activating group) is 1.